The van der Waals surface area contributed by atoms with Crippen molar-refractivity contribution in [2.45, 2.75) is 58.2 Å². The molecule has 1 aliphatic carbocycles. The Bertz CT molecular complexity index is 1420. The lowest BCUT2D eigenvalue weighted by molar-refractivity contribution is -0.138. The molecule has 36 heavy (non-hydrogen) atoms. The van der Waals surface area contributed by atoms with Gasteiger partial charge in [-0.05, 0) is 65.2 Å². The summed E-state index contributed by atoms with van der Waals surface area (Å²) in [5.41, 5.74) is 1.48. The number of nitrogens with one attached hydrogen (secondary N) is 1. The van der Waals surface area contributed by atoms with Crippen molar-refractivity contribution in [3.63, 3.8) is 0 Å². The van der Waals surface area contributed by atoms with Gasteiger partial charge in [0.1, 0.15) is 23.0 Å². The second-order valence-corrected chi connectivity index (χ2v) is 11.0. The van der Waals surface area contributed by atoms with Crippen LogP contribution in [0.3, 0.4) is 0 Å². The SMILES string of the molecule is Cc1ccc(Br)nc1NC(=O)C1CC2(C)CC2N1C(=O)Cn1nc(N2CCCC2=O)c2ccncc21. The Kier molecular flexibility index (Phi) is 5.36. The van der Waals surface area contributed by atoms with E-state index in [1.807, 2.05) is 25.1 Å². The molecule has 2 saturated heterocycles. The normalized spacial score (nSPS) is 24.9. The Balaban J connectivity index is 1.27. The number of hydrogen-bond donors (Lipinski definition) is 1. The number of carbonyl (C=O) groups is 3. The van der Waals surface area contributed by atoms with Crippen LogP contribution in [0, 0.1) is 12.3 Å². The van der Waals surface area contributed by atoms with Crippen molar-refractivity contribution in [2.75, 3.05) is 16.8 Å². The second-order valence-electron chi connectivity index (χ2n) is 10.2. The summed E-state index contributed by atoms with van der Waals surface area (Å²) in [6, 6.07) is 4.96. The number of nitrogens with zero attached hydrogens (tertiary/aromatic N) is 6. The molecular formula is C25H26BrN7O3. The van der Waals surface area contributed by atoms with E-state index in [0.29, 0.717) is 41.1 Å². The molecule has 3 aromatic heterocycles. The van der Waals surface area contributed by atoms with Crippen LogP contribution in [0.1, 0.15) is 38.2 Å². The minimum atomic E-state index is -0.582. The smallest absolute Gasteiger partial charge is 0.248 e. The summed E-state index contributed by atoms with van der Waals surface area (Å²) in [5.74, 6) is 0.669. The van der Waals surface area contributed by atoms with E-state index in [1.54, 1.807) is 26.9 Å². The molecule has 3 aliphatic rings. The summed E-state index contributed by atoms with van der Waals surface area (Å²) < 4.78 is 2.24. The van der Waals surface area contributed by atoms with E-state index >= 15 is 0 Å². The number of amides is 3. The Hall–Kier alpha value is -3.34. The first-order valence-corrected chi connectivity index (χ1v) is 12.9. The number of aryl methyl sites for hydroxylation is 1. The molecule has 3 aromatic rings. The molecule has 186 valence electrons. The van der Waals surface area contributed by atoms with Crippen LogP contribution in [0.2, 0.25) is 0 Å². The van der Waals surface area contributed by atoms with Crippen LogP contribution in [-0.2, 0) is 20.9 Å². The maximum atomic E-state index is 13.7. The molecule has 3 fully saturated rings. The van der Waals surface area contributed by atoms with E-state index in [2.05, 4.69) is 43.2 Å². The summed E-state index contributed by atoms with van der Waals surface area (Å²) in [6.07, 6.45) is 6.10. The third-order valence-corrected chi connectivity index (χ3v) is 8.12. The lowest BCUT2D eigenvalue weighted by Crippen LogP contribution is -2.47. The van der Waals surface area contributed by atoms with Gasteiger partial charge in [-0.2, -0.15) is 5.10 Å². The van der Waals surface area contributed by atoms with Crippen LogP contribution in [-0.4, -0.2) is 61.0 Å². The highest BCUT2D eigenvalue weighted by molar-refractivity contribution is 9.10. The van der Waals surface area contributed by atoms with Crippen molar-refractivity contribution in [3.05, 3.63) is 40.8 Å². The maximum absolute atomic E-state index is 13.7. The van der Waals surface area contributed by atoms with Crippen LogP contribution in [0.25, 0.3) is 10.9 Å². The fourth-order valence-electron chi connectivity index (χ4n) is 5.60. The van der Waals surface area contributed by atoms with Gasteiger partial charge in [0.15, 0.2) is 5.82 Å². The molecule has 5 heterocycles. The van der Waals surface area contributed by atoms with Crippen molar-refractivity contribution < 1.29 is 14.4 Å². The van der Waals surface area contributed by atoms with Gasteiger partial charge in [0.05, 0.1) is 11.7 Å². The Morgan fingerprint density at radius 3 is 2.86 bits per heavy atom. The first-order chi connectivity index (χ1) is 17.2. The standard InChI is InChI=1S/C25H26BrN7O3/c1-14-5-6-19(26)28-22(14)29-24(36)16-10-25(2)11-18(25)33(16)21(35)13-32-17-12-27-8-7-15(17)23(30-32)31-9-3-4-20(31)34/h5-8,12,16,18H,3-4,9-11,13H2,1-2H3,(H,28,29,36). The molecule has 11 heteroatoms. The maximum Gasteiger partial charge on any atom is 0.248 e. The molecule has 0 bridgehead atoms. The summed E-state index contributed by atoms with van der Waals surface area (Å²) in [7, 11) is 0. The lowest BCUT2D eigenvalue weighted by atomic mass is 10.0. The van der Waals surface area contributed by atoms with E-state index in [0.717, 1.165) is 23.8 Å². The van der Waals surface area contributed by atoms with Crippen LogP contribution < -0.4 is 10.2 Å². The van der Waals surface area contributed by atoms with Gasteiger partial charge in [0, 0.05) is 30.6 Å². The van der Waals surface area contributed by atoms with Crippen molar-refractivity contribution >= 4 is 56.2 Å². The van der Waals surface area contributed by atoms with Gasteiger partial charge in [-0.1, -0.05) is 13.0 Å². The number of piperidine rings is 1. The number of pyridine rings is 2. The molecule has 0 aromatic carbocycles. The number of fused-ring (bicyclic) bond motifs is 2. The molecule has 6 rings (SSSR count). The zero-order chi connectivity index (χ0) is 25.2. The topological polar surface area (TPSA) is 113 Å². The zero-order valence-electron chi connectivity index (χ0n) is 20.1. The molecular weight excluding hydrogens is 526 g/mol. The molecule has 1 saturated carbocycles. The molecule has 0 spiro atoms. The summed E-state index contributed by atoms with van der Waals surface area (Å²) in [6.45, 7) is 4.58. The Morgan fingerprint density at radius 1 is 1.25 bits per heavy atom. The van der Waals surface area contributed by atoms with E-state index in [1.165, 1.54) is 0 Å². The second kappa shape index (κ2) is 8.36. The average molecular weight is 552 g/mol. The molecule has 3 atom stereocenters. The number of anilines is 2. The van der Waals surface area contributed by atoms with Gasteiger partial charge in [-0.3, -0.25) is 28.9 Å². The average Bonchev–Trinajstić information content (AvgIpc) is 3.15. The molecule has 1 N–H and O–H groups in total. The summed E-state index contributed by atoms with van der Waals surface area (Å²) in [5, 5.41) is 8.38. The minimum absolute atomic E-state index is 0.0249. The first-order valence-electron chi connectivity index (χ1n) is 12.1. The molecule has 3 amide bonds. The van der Waals surface area contributed by atoms with Crippen LogP contribution >= 0.6 is 15.9 Å². The van der Waals surface area contributed by atoms with Gasteiger partial charge < -0.3 is 10.2 Å². The Morgan fingerprint density at radius 2 is 2.08 bits per heavy atom. The zero-order valence-corrected chi connectivity index (χ0v) is 21.7. The lowest BCUT2D eigenvalue weighted by Gasteiger charge is -2.27. The fourth-order valence-corrected chi connectivity index (χ4v) is 5.91. The fraction of sp³-hybridized carbons (Fsp3) is 0.440. The van der Waals surface area contributed by atoms with Gasteiger partial charge in [0.2, 0.25) is 17.7 Å². The largest absolute Gasteiger partial charge is 0.325 e. The number of halogens is 1. The van der Waals surface area contributed by atoms with Crippen LogP contribution in [0.5, 0.6) is 0 Å². The number of aromatic nitrogens is 4. The van der Waals surface area contributed by atoms with Crippen LogP contribution in [0.15, 0.2) is 35.2 Å². The van der Waals surface area contributed by atoms with E-state index < -0.39 is 6.04 Å². The number of hydrogen-bond acceptors (Lipinski definition) is 6. The summed E-state index contributed by atoms with van der Waals surface area (Å²) in [4.78, 5) is 51.4. The van der Waals surface area contributed by atoms with Crippen molar-refractivity contribution in [1.29, 1.82) is 0 Å². The van der Waals surface area contributed by atoms with Gasteiger partial charge in [-0.15, -0.1) is 0 Å². The number of rotatable bonds is 5. The van der Waals surface area contributed by atoms with Crippen LogP contribution in [0.4, 0.5) is 11.6 Å². The highest BCUT2D eigenvalue weighted by Crippen LogP contribution is 2.59. The van der Waals surface area contributed by atoms with E-state index in [4.69, 9.17) is 0 Å². The van der Waals surface area contributed by atoms with E-state index in [9.17, 15) is 14.4 Å². The van der Waals surface area contributed by atoms with Crippen molar-refractivity contribution in [2.24, 2.45) is 5.41 Å². The van der Waals surface area contributed by atoms with Crippen molar-refractivity contribution in [1.82, 2.24) is 24.6 Å². The molecule has 2 aliphatic heterocycles. The number of likely N-dealkylation sites (tertiary alicyclic amines) is 1. The molecule has 0 radical (unpaired) electrons. The highest BCUT2D eigenvalue weighted by atomic mass is 79.9. The van der Waals surface area contributed by atoms with Gasteiger partial charge in [0.25, 0.3) is 0 Å². The molecule has 10 nitrogen and oxygen atoms in total. The predicted octanol–water partition coefficient (Wildman–Crippen LogP) is 3.04. The third kappa shape index (κ3) is 3.76. The van der Waals surface area contributed by atoms with Gasteiger partial charge in [-0.25, -0.2) is 4.98 Å². The number of carbonyl (C=O) groups excluding carboxylic acids is 3. The predicted molar refractivity (Wildman–Crippen MR) is 136 cm³/mol. The van der Waals surface area contributed by atoms with Gasteiger partial charge >= 0.3 is 0 Å². The van der Waals surface area contributed by atoms with Crippen molar-refractivity contribution in [3.8, 4) is 0 Å². The monoisotopic (exact) mass is 551 g/mol. The van der Waals surface area contributed by atoms with E-state index in [-0.39, 0.29) is 35.7 Å². The first kappa shape index (κ1) is 23.1. The Labute approximate surface area is 216 Å². The summed E-state index contributed by atoms with van der Waals surface area (Å²) >= 11 is 3.35. The third-order valence-electron chi connectivity index (χ3n) is 7.68. The minimum Gasteiger partial charge on any atom is -0.325 e. The molecule has 3 unspecified atom stereocenters. The quantitative estimate of drug-likeness (QED) is 0.487. The highest BCUT2D eigenvalue weighted by Gasteiger charge is 2.64.